The zero-order valence-corrected chi connectivity index (χ0v) is 20.4. The first kappa shape index (κ1) is 26.4. The quantitative estimate of drug-likeness (QED) is 0.325. The Kier molecular flexibility index (Phi) is 7.12. The van der Waals surface area contributed by atoms with Gasteiger partial charge < -0.3 is 14.6 Å². The summed E-state index contributed by atoms with van der Waals surface area (Å²) in [6.07, 6.45) is 0.364. The van der Waals surface area contributed by atoms with Crippen molar-refractivity contribution in [1.82, 2.24) is 24.4 Å². The zero-order chi connectivity index (χ0) is 27.0. The number of benzene rings is 1. The number of fused-ring (bicyclic) bond motifs is 1. The van der Waals surface area contributed by atoms with E-state index in [4.69, 9.17) is 16.3 Å². The average molecular weight is 558 g/mol. The molecule has 0 unspecified atom stereocenters. The van der Waals surface area contributed by atoms with Gasteiger partial charge in [-0.3, -0.25) is 9.48 Å². The molecule has 1 amide bonds. The number of carbonyl (C=O) groups excluding carboxylic acids is 1. The van der Waals surface area contributed by atoms with Gasteiger partial charge in [-0.05, 0) is 24.3 Å². The van der Waals surface area contributed by atoms with E-state index >= 15 is 0 Å². The lowest BCUT2D eigenvalue weighted by Crippen LogP contribution is -2.33. The van der Waals surface area contributed by atoms with E-state index in [-0.39, 0.29) is 38.9 Å². The molecule has 3 aromatic heterocycles. The van der Waals surface area contributed by atoms with Gasteiger partial charge in [0.2, 0.25) is 0 Å². The van der Waals surface area contributed by atoms with E-state index in [1.165, 1.54) is 42.2 Å². The van der Waals surface area contributed by atoms with Crippen molar-refractivity contribution >= 4 is 39.0 Å². The fourth-order valence-corrected chi connectivity index (χ4v) is 4.53. The van der Waals surface area contributed by atoms with E-state index in [0.717, 1.165) is 10.9 Å². The summed E-state index contributed by atoms with van der Waals surface area (Å²) in [7, 11) is -3.85. The van der Waals surface area contributed by atoms with Crippen LogP contribution in [0.25, 0.3) is 16.9 Å². The van der Waals surface area contributed by atoms with E-state index in [0.29, 0.717) is 0 Å². The third kappa shape index (κ3) is 6.00. The number of halogens is 4. The fraction of sp³-hybridized carbons (Fsp3) is 0.238. The van der Waals surface area contributed by atoms with Crippen LogP contribution in [0.2, 0.25) is 5.02 Å². The van der Waals surface area contributed by atoms with E-state index in [1.807, 2.05) is 0 Å². The second-order valence-corrected chi connectivity index (χ2v) is 9.71. The van der Waals surface area contributed by atoms with Gasteiger partial charge in [0.1, 0.15) is 17.0 Å². The highest BCUT2D eigenvalue weighted by molar-refractivity contribution is 7.85. The van der Waals surface area contributed by atoms with Gasteiger partial charge in [0, 0.05) is 29.2 Å². The molecular formula is C21H17ClF3N6O5S-. The summed E-state index contributed by atoms with van der Waals surface area (Å²) in [5.41, 5.74) is 0.492. The molecule has 1 N–H and O–H groups in total. The SMILES string of the molecule is COc1ccc(Cl)cc1-c1nn(C[C@@H](CS(=O)(=O)[O-])C(F)(F)F)cc1NC(=O)c1cnn2cccnc12. The molecule has 1 atom stereocenters. The number of hydrogen-bond donors (Lipinski definition) is 1. The van der Waals surface area contributed by atoms with Crippen molar-refractivity contribution in [2.75, 3.05) is 18.2 Å². The number of alkyl halides is 3. The molecule has 3 heterocycles. The number of ether oxygens (including phenoxy) is 1. The molecule has 1 aromatic carbocycles. The minimum atomic E-state index is -5.20. The number of aromatic nitrogens is 5. The molecule has 16 heteroatoms. The smallest absolute Gasteiger partial charge is 0.394 e. The molecule has 0 fully saturated rings. The van der Waals surface area contributed by atoms with Gasteiger partial charge in [-0.1, -0.05) is 11.6 Å². The molecule has 0 radical (unpaired) electrons. The van der Waals surface area contributed by atoms with Gasteiger partial charge in [0.05, 0.1) is 47.3 Å². The molecule has 4 rings (SSSR count). The average Bonchev–Trinajstić information content (AvgIpc) is 3.41. The molecule has 0 aliphatic carbocycles. The van der Waals surface area contributed by atoms with Crippen molar-refractivity contribution in [2.24, 2.45) is 5.92 Å². The van der Waals surface area contributed by atoms with Crippen LogP contribution in [0.1, 0.15) is 10.4 Å². The summed E-state index contributed by atoms with van der Waals surface area (Å²) in [6, 6.07) is 6.06. The lowest BCUT2D eigenvalue weighted by Gasteiger charge is -2.21. The molecule has 0 aliphatic heterocycles. The van der Waals surface area contributed by atoms with Crippen LogP contribution in [-0.2, 0) is 16.7 Å². The summed E-state index contributed by atoms with van der Waals surface area (Å²) >= 11 is 6.11. The molecular weight excluding hydrogens is 541 g/mol. The molecule has 37 heavy (non-hydrogen) atoms. The normalized spacial score (nSPS) is 13.0. The second-order valence-electron chi connectivity index (χ2n) is 7.82. The van der Waals surface area contributed by atoms with Gasteiger partial charge in [-0.25, -0.2) is 17.9 Å². The Labute approximate surface area is 212 Å². The topological polar surface area (TPSA) is 144 Å². The van der Waals surface area contributed by atoms with Crippen LogP contribution >= 0.6 is 11.6 Å². The van der Waals surface area contributed by atoms with E-state index < -0.39 is 40.4 Å². The first-order chi connectivity index (χ1) is 17.4. The maximum absolute atomic E-state index is 13.5. The monoisotopic (exact) mass is 557 g/mol. The van der Waals surface area contributed by atoms with Crippen LogP contribution in [0.4, 0.5) is 18.9 Å². The Hall–Kier alpha value is -3.69. The number of amides is 1. The third-order valence-electron chi connectivity index (χ3n) is 5.23. The summed E-state index contributed by atoms with van der Waals surface area (Å²) in [5, 5.41) is 11.0. The highest BCUT2D eigenvalue weighted by atomic mass is 35.5. The van der Waals surface area contributed by atoms with Crippen LogP contribution in [0.5, 0.6) is 5.75 Å². The van der Waals surface area contributed by atoms with Crippen molar-refractivity contribution < 1.29 is 35.7 Å². The van der Waals surface area contributed by atoms with E-state index in [2.05, 4.69) is 20.5 Å². The van der Waals surface area contributed by atoms with Gasteiger partial charge in [0.25, 0.3) is 5.91 Å². The van der Waals surface area contributed by atoms with Gasteiger partial charge in [-0.15, -0.1) is 0 Å². The predicted molar refractivity (Wildman–Crippen MR) is 124 cm³/mol. The molecule has 0 aliphatic rings. The highest BCUT2D eigenvalue weighted by Gasteiger charge is 2.41. The molecule has 11 nitrogen and oxygen atoms in total. The Morgan fingerprint density at radius 2 is 2.08 bits per heavy atom. The predicted octanol–water partition coefficient (Wildman–Crippen LogP) is 3.23. The summed E-state index contributed by atoms with van der Waals surface area (Å²) in [4.78, 5) is 17.2. The Morgan fingerprint density at radius 3 is 2.76 bits per heavy atom. The van der Waals surface area contributed by atoms with Crippen molar-refractivity contribution in [3.05, 3.63) is 59.6 Å². The molecule has 196 valence electrons. The molecule has 0 bridgehead atoms. The molecule has 0 saturated heterocycles. The maximum atomic E-state index is 13.5. The first-order valence-corrected chi connectivity index (χ1v) is 12.3. The van der Waals surface area contributed by atoms with Crippen molar-refractivity contribution in [1.29, 1.82) is 0 Å². The van der Waals surface area contributed by atoms with Crippen molar-refractivity contribution in [2.45, 2.75) is 12.7 Å². The molecule has 4 aromatic rings. The summed E-state index contributed by atoms with van der Waals surface area (Å²) in [6.45, 7) is -1.00. The number of rotatable bonds is 8. The Balaban J connectivity index is 1.77. The number of hydrogen-bond acceptors (Lipinski definition) is 8. The van der Waals surface area contributed by atoms with E-state index in [9.17, 15) is 30.9 Å². The number of nitrogens with one attached hydrogen (secondary N) is 1. The minimum absolute atomic E-state index is 0.0111. The van der Waals surface area contributed by atoms with Crippen LogP contribution < -0.4 is 10.1 Å². The van der Waals surface area contributed by atoms with Crippen molar-refractivity contribution in [3.8, 4) is 17.0 Å². The largest absolute Gasteiger partial charge is 0.748 e. The van der Waals surface area contributed by atoms with Gasteiger partial charge in [0.15, 0.2) is 5.65 Å². The molecule has 0 spiro atoms. The van der Waals surface area contributed by atoms with Crippen LogP contribution in [0.15, 0.2) is 49.1 Å². The number of anilines is 1. The first-order valence-electron chi connectivity index (χ1n) is 10.4. The lowest BCUT2D eigenvalue weighted by atomic mass is 10.1. The number of nitrogens with zero attached hydrogens (tertiary/aromatic N) is 5. The fourth-order valence-electron chi connectivity index (χ4n) is 3.57. The minimum Gasteiger partial charge on any atom is -0.748 e. The highest BCUT2D eigenvalue weighted by Crippen LogP contribution is 2.37. The zero-order valence-electron chi connectivity index (χ0n) is 18.8. The maximum Gasteiger partial charge on any atom is 0.394 e. The van der Waals surface area contributed by atoms with Gasteiger partial charge in [-0.2, -0.15) is 23.4 Å². The summed E-state index contributed by atoms with van der Waals surface area (Å²) < 4.78 is 81.3. The second kappa shape index (κ2) is 9.99. The van der Waals surface area contributed by atoms with Gasteiger partial charge >= 0.3 is 6.18 Å². The standard InChI is InChI=1S/C21H18ClF3N6O5S/c1-36-17-4-3-13(22)7-14(17)18-16(28-20(32)15-8-27-31-6-2-5-26-19(15)31)10-30(29-18)9-12(21(23,24)25)11-37(33,34)35/h2-8,10,12H,9,11H2,1H3,(H,28,32)(H,33,34,35)/p-1/t12-/m0/s1. The Bertz CT molecular complexity index is 1570. The van der Waals surface area contributed by atoms with E-state index in [1.54, 1.807) is 12.3 Å². The van der Waals surface area contributed by atoms with Crippen LogP contribution in [0.3, 0.4) is 0 Å². The number of carbonyl (C=O) groups is 1. The van der Waals surface area contributed by atoms with Crippen LogP contribution in [0, 0.1) is 5.92 Å². The third-order valence-corrected chi connectivity index (χ3v) is 6.27. The van der Waals surface area contributed by atoms with Crippen LogP contribution in [-0.4, -0.2) is 62.3 Å². The number of methoxy groups -OCH3 is 1. The van der Waals surface area contributed by atoms with Crippen molar-refractivity contribution in [3.63, 3.8) is 0 Å². The Morgan fingerprint density at radius 1 is 1.32 bits per heavy atom. The summed E-state index contributed by atoms with van der Waals surface area (Å²) in [5.74, 6) is -4.67. The molecule has 0 saturated carbocycles. The lowest BCUT2D eigenvalue weighted by molar-refractivity contribution is -0.172.